The number of aryl methyl sites for hydroxylation is 1. The van der Waals surface area contributed by atoms with Crippen LogP contribution in [0.25, 0.3) is 11.7 Å². The van der Waals surface area contributed by atoms with Gasteiger partial charge in [-0.25, -0.2) is 4.79 Å². The van der Waals surface area contributed by atoms with E-state index in [1.165, 1.54) is 24.8 Å². The van der Waals surface area contributed by atoms with Crippen LogP contribution in [-0.2, 0) is 11.3 Å². The Morgan fingerprint density at radius 3 is 2.78 bits per heavy atom. The lowest BCUT2D eigenvalue weighted by Crippen LogP contribution is -2.26. The van der Waals surface area contributed by atoms with Crippen molar-refractivity contribution in [2.45, 2.75) is 26.3 Å². The lowest BCUT2D eigenvalue weighted by molar-refractivity contribution is -0.117. The quantitative estimate of drug-likeness (QED) is 0.744. The maximum atomic E-state index is 12.3. The van der Waals surface area contributed by atoms with Crippen molar-refractivity contribution >= 4 is 17.3 Å². The van der Waals surface area contributed by atoms with E-state index in [9.17, 15) is 9.59 Å². The number of aromatic nitrogens is 2. The van der Waals surface area contributed by atoms with E-state index >= 15 is 0 Å². The van der Waals surface area contributed by atoms with Gasteiger partial charge in [-0.3, -0.25) is 4.79 Å². The third kappa shape index (κ3) is 3.64. The highest BCUT2D eigenvalue weighted by molar-refractivity contribution is 5.91. The molecular weight excluding hydrogens is 348 g/mol. The molecule has 4 rings (SSSR count). The molecule has 140 valence electrons. The summed E-state index contributed by atoms with van der Waals surface area (Å²) in [5.41, 5.74) is 2.85. The summed E-state index contributed by atoms with van der Waals surface area (Å²) in [4.78, 5) is 26.6. The van der Waals surface area contributed by atoms with E-state index < -0.39 is 5.76 Å². The SMILES string of the molecule is Cc1cc(N2CCCC2)ccc1NC(=O)Cn1nc(-c2ccco2)oc1=O. The molecule has 0 unspecified atom stereocenters. The molecule has 2 aromatic heterocycles. The number of rotatable bonds is 5. The number of hydrogen-bond acceptors (Lipinski definition) is 6. The van der Waals surface area contributed by atoms with Gasteiger partial charge in [0, 0.05) is 24.5 Å². The second-order valence-electron chi connectivity index (χ2n) is 6.55. The zero-order valence-electron chi connectivity index (χ0n) is 15.0. The number of furan rings is 1. The third-order valence-electron chi connectivity index (χ3n) is 4.59. The van der Waals surface area contributed by atoms with E-state index in [2.05, 4.69) is 21.4 Å². The van der Waals surface area contributed by atoms with Crippen molar-refractivity contribution in [3.63, 3.8) is 0 Å². The Morgan fingerprint density at radius 2 is 2.07 bits per heavy atom. The van der Waals surface area contributed by atoms with E-state index in [1.807, 2.05) is 19.1 Å². The highest BCUT2D eigenvalue weighted by Crippen LogP contribution is 2.25. The summed E-state index contributed by atoms with van der Waals surface area (Å²) < 4.78 is 11.1. The predicted octanol–water partition coefficient (Wildman–Crippen LogP) is 2.64. The van der Waals surface area contributed by atoms with Crippen LogP contribution in [0.3, 0.4) is 0 Å². The summed E-state index contributed by atoms with van der Waals surface area (Å²) in [5.74, 6) is -0.686. The largest absolute Gasteiger partial charge is 0.459 e. The summed E-state index contributed by atoms with van der Waals surface area (Å²) in [7, 11) is 0. The predicted molar refractivity (Wildman–Crippen MR) is 99.7 cm³/mol. The summed E-state index contributed by atoms with van der Waals surface area (Å²) >= 11 is 0. The molecule has 1 fully saturated rings. The van der Waals surface area contributed by atoms with Crippen molar-refractivity contribution in [3.8, 4) is 11.7 Å². The minimum Gasteiger partial charge on any atom is -0.459 e. The first-order valence-electron chi connectivity index (χ1n) is 8.87. The van der Waals surface area contributed by atoms with Crippen molar-refractivity contribution in [3.05, 3.63) is 52.7 Å². The first kappa shape index (κ1) is 17.1. The molecule has 8 heteroatoms. The van der Waals surface area contributed by atoms with Gasteiger partial charge in [0.1, 0.15) is 6.54 Å². The summed E-state index contributed by atoms with van der Waals surface area (Å²) in [5, 5.41) is 6.82. The molecule has 1 aliphatic rings. The highest BCUT2D eigenvalue weighted by Gasteiger charge is 2.16. The van der Waals surface area contributed by atoms with Gasteiger partial charge in [-0.2, -0.15) is 4.68 Å². The minimum atomic E-state index is -0.711. The smallest absolute Gasteiger partial charge is 0.437 e. The van der Waals surface area contributed by atoms with Crippen molar-refractivity contribution in [1.29, 1.82) is 0 Å². The molecule has 0 spiro atoms. The fourth-order valence-electron chi connectivity index (χ4n) is 3.19. The normalized spacial score (nSPS) is 13.9. The van der Waals surface area contributed by atoms with Gasteiger partial charge >= 0.3 is 5.76 Å². The van der Waals surface area contributed by atoms with Crippen LogP contribution in [0.4, 0.5) is 11.4 Å². The fraction of sp³-hybridized carbons (Fsp3) is 0.316. The number of benzene rings is 1. The molecule has 8 nitrogen and oxygen atoms in total. The van der Waals surface area contributed by atoms with Gasteiger partial charge in [0.15, 0.2) is 5.76 Å². The average molecular weight is 368 g/mol. The number of amides is 1. The molecule has 3 aromatic rings. The first-order valence-corrected chi connectivity index (χ1v) is 8.87. The molecule has 1 aliphatic heterocycles. The maximum Gasteiger partial charge on any atom is 0.437 e. The molecule has 1 amide bonds. The highest BCUT2D eigenvalue weighted by atomic mass is 16.4. The standard InChI is InChI=1S/C19H20N4O4/c1-13-11-14(22-8-2-3-9-22)6-7-15(13)20-17(24)12-23-19(25)27-18(21-23)16-5-4-10-26-16/h4-7,10-11H,2-3,8-9,12H2,1H3,(H,20,24). The van der Waals surface area contributed by atoms with Crippen LogP contribution >= 0.6 is 0 Å². The third-order valence-corrected chi connectivity index (χ3v) is 4.59. The van der Waals surface area contributed by atoms with E-state index in [0.29, 0.717) is 11.4 Å². The molecule has 1 N–H and O–H groups in total. The average Bonchev–Trinajstić information content (AvgIpc) is 3.39. The Hall–Kier alpha value is -3.29. The van der Waals surface area contributed by atoms with Gasteiger partial charge in [-0.05, 0) is 55.7 Å². The number of hydrogen-bond donors (Lipinski definition) is 1. The van der Waals surface area contributed by atoms with Gasteiger partial charge in [0.05, 0.1) is 6.26 Å². The second-order valence-corrected chi connectivity index (χ2v) is 6.55. The Labute approximate surface area is 155 Å². The zero-order valence-corrected chi connectivity index (χ0v) is 15.0. The second kappa shape index (κ2) is 7.14. The van der Waals surface area contributed by atoms with E-state index in [1.54, 1.807) is 12.1 Å². The Kier molecular flexibility index (Phi) is 4.53. The molecule has 0 atom stereocenters. The van der Waals surface area contributed by atoms with Crippen LogP contribution < -0.4 is 16.0 Å². The van der Waals surface area contributed by atoms with Crippen molar-refractivity contribution < 1.29 is 13.6 Å². The summed E-state index contributed by atoms with van der Waals surface area (Å²) in [6, 6.07) is 9.25. The minimum absolute atomic E-state index is 0.0453. The molecule has 3 heterocycles. The molecule has 0 aliphatic carbocycles. The lowest BCUT2D eigenvalue weighted by Gasteiger charge is -2.19. The maximum absolute atomic E-state index is 12.3. The summed E-state index contributed by atoms with van der Waals surface area (Å²) in [6.07, 6.45) is 3.88. The number of anilines is 2. The number of nitrogens with one attached hydrogen (secondary N) is 1. The van der Waals surface area contributed by atoms with E-state index in [-0.39, 0.29) is 18.3 Å². The number of nitrogens with zero attached hydrogens (tertiary/aromatic N) is 3. The lowest BCUT2D eigenvalue weighted by atomic mass is 10.1. The van der Waals surface area contributed by atoms with Gasteiger partial charge in [0.25, 0.3) is 5.89 Å². The number of carbonyl (C=O) groups is 1. The Bertz CT molecular complexity index is 997. The number of carbonyl (C=O) groups excluding carboxylic acids is 1. The summed E-state index contributed by atoms with van der Waals surface area (Å²) in [6.45, 7) is 3.85. The van der Waals surface area contributed by atoms with Crippen LogP contribution in [-0.4, -0.2) is 28.8 Å². The van der Waals surface area contributed by atoms with Gasteiger partial charge in [-0.1, -0.05) is 0 Å². The van der Waals surface area contributed by atoms with Crippen LogP contribution in [0.2, 0.25) is 0 Å². The van der Waals surface area contributed by atoms with Gasteiger partial charge in [0.2, 0.25) is 5.91 Å². The van der Waals surface area contributed by atoms with E-state index in [4.69, 9.17) is 8.83 Å². The van der Waals surface area contributed by atoms with Crippen molar-refractivity contribution in [2.24, 2.45) is 0 Å². The van der Waals surface area contributed by atoms with Crippen molar-refractivity contribution in [2.75, 3.05) is 23.3 Å². The Morgan fingerprint density at radius 1 is 1.26 bits per heavy atom. The zero-order chi connectivity index (χ0) is 18.8. The molecule has 1 aromatic carbocycles. The molecule has 0 bridgehead atoms. The first-order chi connectivity index (χ1) is 13.1. The molecule has 1 saturated heterocycles. The fourth-order valence-corrected chi connectivity index (χ4v) is 3.19. The molecule has 0 radical (unpaired) electrons. The molecule has 27 heavy (non-hydrogen) atoms. The molecule has 0 saturated carbocycles. The monoisotopic (exact) mass is 368 g/mol. The van der Waals surface area contributed by atoms with Crippen LogP contribution in [0.1, 0.15) is 18.4 Å². The Balaban J connectivity index is 1.44. The molecular formula is C19H20N4O4. The topological polar surface area (TPSA) is 93.5 Å². The van der Waals surface area contributed by atoms with Crippen molar-refractivity contribution in [1.82, 2.24) is 9.78 Å². The van der Waals surface area contributed by atoms with Crippen LogP contribution in [0, 0.1) is 6.92 Å². The van der Waals surface area contributed by atoms with Crippen LogP contribution in [0.5, 0.6) is 0 Å². The van der Waals surface area contributed by atoms with Gasteiger partial charge < -0.3 is 19.1 Å². The van der Waals surface area contributed by atoms with Crippen LogP contribution in [0.15, 0.2) is 50.2 Å². The van der Waals surface area contributed by atoms with Gasteiger partial charge in [-0.15, -0.1) is 5.10 Å². The van der Waals surface area contributed by atoms with E-state index in [0.717, 1.165) is 23.3 Å².